The Kier molecular flexibility index (Phi) is 6.39. The molecule has 3 heterocycles. The highest BCUT2D eigenvalue weighted by atomic mass is 35.5. The summed E-state index contributed by atoms with van der Waals surface area (Å²) in [5.74, 6) is 1.18. The van der Waals surface area contributed by atoms with Crippen molar-refractivity contribution in [2.45, 2.75) is 82.7 Å². The SMILES string of the molecule is CC(C)(C)OC(=O)CN1CCC(c2ccc3c(c2)C2(CCCCC2)c2nc(=O)c4c(Cl)cccc4n2-3)CC1. The molecular weight excluding hydrogens is 498 g/mol. The van der Waals surface area contributed by atoms with E-state index in [-0.39, 0.29) is 16.9 Å². The molecule has 7 heteroatoms. The lowest BCUT2D eigenvalue weighted by atomic mass is 9.69. The quantitative estimate of drug-likeness (QED) is 0.379. The number of carbonyl (C=O) groups excluding carboxylic acids is 1. The van der Waals surface area contributed by atoms with Gasteiger partial charge in [0.2, 0.25) is 0 Å². The summed E-state index contributed by atoms with van der Waals surface area (Å²) >= 11 is 6.48. The highest BCUT2D eigenvalue weighted by Crippen LogP contribution is 2.52. The Bertz CT molecular complexity index is 1460. The number of hydrogen-bond donors (Lipinski definition) is 0. The zero-order valence-corrected chi connectivity index (χ0v) is 23.3. The predicted molar refractivity (Wildman–Crippen MR) is 150 cm³/mol. The van der Waals surface area contributed by atoms with Crippen LogP contribution in [0.5, 0.6) is 0 Å². The third kappa shape index (κ3) is 4.36. The highest BCUT2D eigenvalue weighted by molar-refractivity contribution is 6.35. The van der Waals surface area contributed by atoms with Crippen molar-refractivity contribution in [3.8, 4) is 5.69 Å². The first-order chi connectivity index (χ1) is 18.2. The molecule has 0 bridgehead atoms. The normalized spacial score (nSPS) is 19.5. The van der Waals surface area contributed by atoms with Crippen LogP contribution in [0.15, 0.2) is 41.2 Å². The van der Waals surface area contributed by atoms with Crippen LogP contribution in [0.1, 0.15) is 88.6 Å². The van der Waals surface area contributed by atoms with E-state index >= 15 is 0 Å². The number of rotatable bonds is 3. The van der Waals surface area contributed by atoms with Crippen LogP contribution in [0.2, 0.25) is 5.02 Å². The van der Waals surface area contributed by atoms with E-state index in [9.17, 15) is 9.59 Å². The van der Waals surface area contributed by atoms with E-state index in [1.807, 2.05) is 32.9 Å². The molecule has 6 rings (SSSR count). The monoisotopic (exact) mass is 533 g/mol. The van der Waals surface area contributed by atoms with E-state index < -0.39 is 5.60 Å². The maximum atomic E-state index is 13.2. The summed E-state index contributed by atoms with van der Waals surface area (Å²) < 4.78 is 7.73. The predicted octanol–water partition coefficient (Wildman–Crippen LogP) is 6.12. The topological polar surface area (TPSA) is 64.4 Å². The largest absolute Gasteiger partial charge is 0.459 e. The van der Waals surface area contributed by atoms with Crippen molar-refractivity contribution in [3.63, 3.8) is 0 Å². The minimum Gasteiger partial charge on any atom is -0.459 e. The number of esters is 1. The maximum absolute atomic E-state index is 13.2. The molecule has 2 fully saturated rings. The van der Waals surface area contributed by atoms with Crippen molar-refractivity contribution in [1.82, 2.24) is 14.5 Å². The number of aromatic nitrogens is 2. The van der Waals surface area contributed by atoms with Gasteiger partial charge in [0.25, 0.3) is 5.56 Å². The first kappa shape index (κ1) is 25.6. The second-order valence-electron chi connectivity index (χ2n) is 12.3. The minimum absolute atomic E-state index is 0.153. The molecule has 6 nitrogen and oxygen atoms in total. The molecule has 3 aliphatic rings. The van der Waals surface area contributed by atoms with Gasteiger partial charge in [-0.2, -0.15) is 4.98 Å². The summed E-state index contributed by atoms with van der Waals surface area (Å²) in [6.45, 7) is 7.83. The fourth-order valence-electron chi connectivity index (χ4n) is 6.93. The van der Waals surface area contributed by atoms with E-state index in [4.69, 9.17) is 21.3 Å². The molecule has 2 aromatic carbocycles. The molecule has 0 N–H and O–H groups in total. The average Bonchev–Trinajstić information content (AvgIpc) is 3.12. The van der Waals surface area contributed by atoms with Crippen LogP contribution in [0.25, 0.3) is 16.6 Å². The Labute approximate surface area is 229 Å². The molecule has 3 aromatic rings. The van der Waals surface area contributed by atoms with Gasteiger partial charge in [0, 0.05) is 0 Å². The zero-order chi connectivity index (χ0) is 26.7. The maximum Gasteiger partial charge on any atom is 0.320 e. The summed E-state index contributed by atoms with van der Waals surface area (Å²) in [6.07, 6.45) is 7.53. The number of ether oxygens (including phenoxy) is 1. The molecule has 1 saturated heterocycles. The number of benzene rings is 2. The lowest BCUT2D eigenvalue weighted by molar-refractivity contribution is -0.156. The van der Waals surface area contributed by atoms with Crippen molar-refractivity contribution in [2.75, 3.05) is 19.6 Å². The Balaban J connectivity index is 1.33. The van der Waals surface area contributed by atoms with Gasteiger partial charge >= 0.3 is 5.97 Å². The number of fused-ring (bicyclic) bond motifs is 7. The molecule has 2 aliphatic heterocycles. The van der Waals surface area contributed by atoms with Gasteiger partial charge < -0.3 is 4.74 Å². The third-order valence-corrected chi connectivity index (χ3v) is 8.92. The van der Waals surface area contributed by atoms with Crippen molar-refractivity contribution in [1.29, 1.82) is 0 Å². The number of hydrogen-bond acceptors (Lipinski definition) is 5. The molecule has 0 unspecified atom stereocenters. The van der Waals surface area contributed by atoms with Crippen LogP contribution >= 0.6 is 11.6 Å². The molecule has 1 aliphatic carbocycles. The van der Waals surface area contributed by atoms with Gasteiger partial charge in [-0.15, -0.1) is 0 Å². The Morgan fingerprint density at radius 3 is 2.55 bits per heavy atom. The highest BCUT2D eigenvalue weighted by Gasteiger charge is 2.46. The fraction of sp³-hybridized carbons (Fsp3) is 0.516. The molecule has 0 radical (unpaired) electrons. The molecule has 1 saturated carbocycles. The summed E-state index contributed by atoms with van der Waals surface area (Å²) in [4.78, 5) is 32.4. The van der Waals surface area contributed by atoms with E-state index in [0.29, 0.717) is 22.9 Å². The van der Waals surface area contributed by atoms with Crippen LogP contribution in [0, 0.1) is 0 Å². The van der Waals surface area contributed by atoms with Crippen molar-refractivity contribution in [3.05, 3.63) is 68.7 Å². The van der Waals surface area contributed by atoms with Crippen LogP contribution in [-0.2, 0) is 14.9 Å². The molecular formula is C31H36ClN3O3. The summed E-state index contributed by atoms with van der Waals surface area (Å²) in [7, 11) is 0. The van der Waals surface area contributed by atoms with E-state index in [1.165, 1.54) is 17.5 Å². The Hall–Kier alpha value is -2.70. The van der Waals surface area contributed by atoms with Gasteiger partial charge in [-0.3, -0.25) is 19.1 Å². The first-order valence-corrected chi connectivity index (χ1v) is 14.3. The number of likely N-dealkylation sites (tertiary alicyclic amines) is 1. The zero-order valence-electron chi connectivity index (χ0n) is 22.6. The minimum atomic E-state index is -0.455. The van der Waals surface area contributed by atoms with Gasteiger partial charge in [-0.1, -0.05) is 49.1 Å². The molecule has 1 aromatic heterocycles. The van der Waals surface area contributed by atoms with Gasteiger partial charge in [-0.05, 0) is 94.8 Å². The Morgan fingerprint density at radius 1 is 1.11 bits per heavy atom. The molecule has 0 amide bonds. The second kappa shape index (κ2) is 9.49. The van der Waals surface area contributed by atoms with Crippen molar-refractivity contribution >= 4 is 28.5 Å². The average molecular weight is 534 g/mol. The van der Waals surface area contributed by atoms with Gasteiger partial charge in [0.1, 0.15) is 11.4 Å². The first-order valence-electron chi connectivity index (χ1n) is 14.0. The van der Waals surface area contributed by atoms with Gasteiger partial charge in [-0.25, -0.2) is 0 Å². The molecule has 38 heavy (non-hydrogen) atoms. The van der Waals surface area contributed by atoms with Crippen molar-refractivity contribution in [2.24, 2.45) is 0 Å². The van der Waals surface area contributed by atoms with Crippen molar-refractivity contribution < 1.29 is 9.53 Å². The van der Waals surface area contributed by atoms with E-state index in [0.717, 1.165) is 68.6 Å². The van der Waals surface area contributed by atoms with E-state index in [2.05, 4.69) is 27.7 Å². The lowest BCUT2D eigenvalue weighted by Gasteiger charge is -2.35. The summed E-state index contributed by atoms with van der Waals surface area (Å²) in [5.41, 5.74) is 3.73. The summed E-state index contributed by atoms with van der Waals surface area (Å²) in [6, 6.07) is 12.6. The fourth-order valence-corrected chi connectivity index (χ4v) is 7.18. The smallest absolute Gasteiger partial charge is 0.320 e. The van der Waals surface area contributed by atoms with Crippen LogP contribution in [0.3, 0.4) is 0 Å². The number of carbonyl (C=O) groups is 1. The molecule has 1 spiro atoms. The van der Waals surface area contributed by atoms with Crippen LogP contribution in [-0.4, -0.2) is 45.7 Å². The Morgan fingerprint density at radius 2 is 1.84 bits per heavy atom. The summed E-state index contributed by atoms with van der Waals surface area (Å²) in [5, 5.41) is 0.953. The molecule has 0 atom stereocenters. The second-order valence-corrected chi connectivity index (χ2v) is 12.7. The van der Waals surface area contributed by atoms with Crippen LogP contribution in [0.4, 0.5) is 0 Å². The number of halogens is 1. The molecule has 200 valence electrons. The van der Waals surface area contributed by atoms with Crippen LogP contribution < -0.4 is 5.56 Å². The third-order valence-electron chi connectivity index (χ3n) is 8.61. The standard InChI is InChI=1S/C31H36ClN3O3/c1-30(2,3)38-26(36)19-34-16-12-20(13-17-34)21-10-11-24-22(18-21)31(14-5-4-6-15-31)29-33-28(37)27-23(32)8-7-9-25(27)35(24)29/h7-11,18,20H,4-6,12-17,19H2,1-3H3. The van der Waals surface area contributed by atoms with Gasteiger partial charge in [0.05, 0.1) is 33.6 Å². The number of nitrogens with zero attached hydrogens (tertiary/aromatic N) is 3. The van der Waals surface area contributed by atoms with Gasteiger partial charge in [0.15, 0.2) is 0 Å². The lowest BCUT2D eigenvalue weighted by Crippen LogP contribution is -2.39. The van der Waals surface area contributed by atoms with E-state index in [1.54, 1.807) is 6.07 Å². The number of piperidine rings is 1.